The molecule has 7 nitrogen and oxygen atoms in total. The Morgan fingerprint density at radius 3 is 2.26 bits per heavy atom. The van der Waals surface area contributed by atoms with E-state index in [1.165, 1.54) is 16.4 Å². The Labute approximate surface area is 181 Å². The normalized spacial score (nSPS) is 15.6. The Morgan fingerprint density at radius 2 is 1.65 bits per heavy atom. The number of halogens is 1. The molecule has 0 spiro atoms. The predicted molar refractivity (Wildman–Crippen MR) is 116 cm³/mol. The molecule has 0 unspecified atom stereocenters. The molecule has 1 fully saturated rings. The van der Waals surface area contributed by atoms with Crippen molar-refractivity contribution in [2.24, 2.45) is 5.92 Å². The first kappa shape index (κ1) is 22.9. The number of nitrogens with one attached hydrogen (secondary N) is 2. The zero-order valence-electron chi connectivity index (χ0n) is 17.5. The molecule has 0 aliphatic carbocycles. The second-order valence-corrected chi connectivity index (χ2v) is 9.73. The van der Waals surface area contributed by atoms with E-state index < -0.39 is 15.8 Å². The van der Waals surface area contributed by atoms with E-state index in [1.807, 2.05) is 13.8 Å². The van der Waals surface area contributed by atoms with Gasteiger partial charge in [0.25, 0.3) is 5.91 Å². The standard InChI is InChI=1S/C22H26FN3O4S/c1-15(2)24-22(28)19-5-3-4-6-20(19)25-21(27)16-11-13-26(14-12-16)31(29,30)18-9-7-17(23)8-10-18/h3-10,15-16H,11-14H2,1-2H3,(H,24,28)(H,25,27). The molecule has 0 atom stereocenters. The molecule has 2 aromatic rings. The van der Waals surface area contributed by atoms with Crippen LogP contribution in [0.25, 0.3) is 0 Å². The van der Waals surface area contributed by atoms with Gasteiger partial charge in [0.1, 0.15) is 5.82 Å². The van der Waals surface area contributed by atoms with E-state index in [0.717, 1.165) is 12.1 Å². The average Bonchev–Trinajstić information content (AvgIpc) is 2.74. The molecule has 2 N–H and O–H groups in total. The van der Waals surface area contributed by atoms with Gasteiger partial charge in [0, 0.05) is 25.0 Å². The maximum atomic E-state index is 13.1. The van der Waals surface area contributed by atoms with Gasteiger partial charge < -0.3 is 10.6 Å². The van der Waals surface area contributed by atoms with Crippen molar-refractivity contribution in [2.75, 3.05) is 18.4 Å². The summed E-state index contributed by atoms with van der Waals surface area (Å²) in [6, 6.07) is 11.4. The molecule has 166 valence electrons. The summed E-state index contributed by atoms with van der Waals surface area (Å²) in [5, 5.41) is 5.62. The highest BCUT2D eigenvalue weighted by atomic mass is 32.2. The van der Waals surface area contributed by atoms with Gasteiger partial charge >= 0.3 is 0 Å². The van der Waals surface area contributed by atoms with Crippen LogP contribution in [-0.2, 0) is 14.8 Å². The van der Waals surface area contributed by atoms with Crippen molar-refractivity contribution < 1.29 is 22.4 Å². The Kier molecular flexibility index (Phi) is 7.07. The number of piperidine rings is 1. The Balaban J connectivity index is 1.64. The number of carbonyl (C=O) groups is 2. The third-order valence-corrected chi connectivity index (χ3v) is 7.04. The first-order valence-corrected chi connectivity index (χ1v) is 11.6. The number of hydrogen-bond donors (Lipinski definition) is 2. The molecule has 9 heteroatoms. The van der Waals surface area contributed by atoms with E-state index in [-0.39, 0.29) is 41.8 Å². The van der Waals surface area contributed by atoms with Gasteiger partial charge in [0.05, 0.1) is 16.1 Å². The number of carbonyl (C=O) groups excluding carboxylic acids is 2. The van der Waals surface area contributed by atoms with Crippen LogP contribution in [-0.4, -0.2) is 43.7 Å². The molecule has 0 saturated carbocycles. The van der Waals surface area contributed by atoms with Crippen LogP contribution >= 0.6 is 0 Å². The molecule has 1 heterocycles. The molecule has 0 aromatic heterocycles. The van der Waals surface area contributed by atoms with Crippen LogP contribution in [0.5, 0.6) is 0 Å². The molecule has 2 aromatic carbocycles. The van der Waals surface area contributed by atoms with Crippen molar-refractivity contribution in [3.63, 3.8) is 0 Å². The molecular weight excluding hydrogens is 421 g/mol. The van der Waals surface area contributed by atoms with Crippen molar-refractivity contribution in [3.05, 3.63) is 59.9 Å². The molecule has 0 bridgehead atoms. The summed E-state index contributed by atoms with van der Waals surface area (Å²) in [5.41, 5.74) is 0.799. The van der Waals surface area contributed by atoms with Gasteiger partial charge in [0.15, 0.2) is 0 Å². The van der Waals surface area contributed by atoms with Gasteiger partial charge in [0.2, 0.25) is 15.9 Å². The number of rotatable bonds is 6. The molecule has 0 radical (unpaired) electrons. The lowest BCUT2D eigenvalue weighted by atomic mass is 9.97. The van der Waals surface area contributed by atoms with E-state index in [0.29, 0.717) is 24.1 Å². The number of hydrogen-bond acceptors (Lipinski definition) is 4. The number of benzene rings is 2. The second-order valence-electron chi connectivity index (χ2n) is 7.80. The number of amides is 2. The molecule has 2 amide bonds. The zero-order valence-corrected chi connectivity index (χ0v) is 18.3. The fourth-order valence-electron chi connectivity index (χ4n) is 3.48. The minimum atomic E-state index is -3.73. The first-order chi connectivity index (χ1) is 14.7. The summed E-state index contributed by atoms with van der Waals surface area (Å²) in [4.78, 5) is 25.2. The van der Waals surface area contributed by atoms with Gasteiger partial charge in [-0.2, -0.15) is 4.31 Å². The van der Waals surface area contributed by atoms with Crippen molar-refractivity contribution in [3.8, 4) is 0 Å². The number of anilines is 1. The van der Waals surface area contributed by atoms with E-state index in [4.69, 9.17) is 0 Å². The monoisotopic (exact) mass is 447 g/mol. The fourth-order valence-corrected chi connectivity index (χ4v) is 4.95. The SMILES string of the molecule is CC(C)NC(=O)c1ccccc1NC(=O)C1CCN(S(=O)(=O)c2ccc(F)cc2)CC1. The predicted octanol–water partition coefficient (Wildman–Crippen LogP) is 3.00. The van der Waals surface area contributed by atoms with E-state index in [1.54, 1.807) is 24.3 Å². The molecule has 1 aliphatic rings. The van der Waals surface area contributed by atoms with E-state index in [9.17, 15) is 22.4 Å². The minimum absolute atomic E-state index is 0.0295. The summed E-state index contributed by atoms with van der Waals surface area (Å²) in [5.74, 6) is -1.40. The Bertz CT molecular complexity index is 1050. The quantitative estimate of drug-likeness (QED) is 0.712. The molecule has 1 saturated heterocycles. The zero-order chi connectivity index (χ0) is 22.6. The summed E-state index contributed by atoms with van der Waals surface area (Å²) < 4.78 is 39.9. The summed E-state index contributed by atoms with van der Waals surface area (Å²) in [6.07, 6.45) is 0.708. The van der Waals surface area contributed by atoms with Gasteiger partial charge in [-0.15, -0.1) is 0 Å². The number of sulfonamides is 1. The number of para-hydroxylation sites is 1. The smallest absolute Gasteiger partial charge is 0.253 e. The van der Waals surface area contributed by atoms with Crippen LogP contribution < -0.4 is 10.6 Å². The molecule has 31 heavy (non-hydrogen) atoms. The number of nitrogens with zero attached hydrogens (tertiary/aromatic N) is 1. The maximum Gasteiger partial charge on any atom is 0.253 e. The maximum absolute atomic E-state index is 13.1. The summed E-state index contributed by atoms with van der Waals surface area (Å²) >= 11 is 0. The Morgan fingerprint density at radius 1 is 1.03 bits per heavy atom. The van der Waals surface area contributed by atoms with Crippen LogP contribution in [0.4, 0.5) is 10.1 Å². The van der Waals surface area contributed by atoms with E-state index >= 15 is 0 Å². The van der Waals surface area contributed by atoms with Crippen LogP contribution in [0.3, 0.4) is 0 Å². The van der Waals surface area contributed by atoms with Gasteiger partial charge in [-0.1, -0.05) is 12.1 Å². The average molecular weight is 448 g/mol. The van der Waals surface area contributed by atoms with Crippen molar-refractivity contribution in [1.29, 1.82) is 0 Å². The first-order valence-electron chi connectivity index (χ1n) is 10.1. The topological polar surface area (TPSA) is 95.6 Å². The summed E-state index contributed by atoms with van der Waals surface area (Å²) in [6.45, 7) is 4.08. The molecular formula is C22H26FN3O4S. The van der Waals surface area contributed by atoms with Crippen LogP contribution in [0.1, 0.15) is 37.0 Å². The highest BCUT2D eigenvalue weighted by Gasteiger charge is 2.32. The lowest BCUT2D eigenvalue weighted by Crippen LogP contribution is -2.41. The third kappa shape index (κ3) is 5.48. The van der Waals surface area contributed by atoms with E-state index in [2.05, 4.69) is 10.6 Å². The third-order valence-electron chi connectivity index (χ3n) is 5.13. The van der Waals surface area contributed by atoms with Crippen molar-refractivity contribution >= 4 is 27.5 Å². The van der Waals surface area contributed by atoms with Gasteiger partial charge in [-0.05, 0) is 63.1 Å². The van der Waals surface area contributed by atoms with Crippen molar-refractivity contribution in [2.45, 2.75) is 37.6 Å². The highest BCUT2D eigenvalue weighted by molar-refractivity contribution is 7.89. The lowest BCUT2D eigenvalue weighted by Gasteiger charge is -2.30. The van der Waals surface area contributed by atoms with Crippen LogP contribution in [0, 0.1) is 11.7 Å². The summed E-state index contributed by atoms with van der Waals surface area (Å²) in [7, 11) is -3.73. The van der Waals surface area contributed by atoms with Crippen molar-refractivity contribution in [1.82, 2.24) is 9.62 Å². The molecule has 3 rings (SSSR count). The van der Waals surface area contributed by atoms with Crippen LogP contribution in [0.2, 0.25) is 0 Å². The van der Waals surface area contributed by atoms with Gasteiger partial charge in [-0.25, -0.2) is 12.8 Å². The Hall–Kier alpha value is -2.78. The fraction of sp³-hybridized carbons (Fsp3) is 0.364. The van der Waals surface area contributed by atoms with Crippen LogP contribution in [0.15, 0.2) is 53.4 Å². The lowest BCUT2D eigenvalue weighted by molar-refractivity contribution is -0.120. The van der Waals surface area contributed by atoms with Gasteiger partial charge in [-0.3, -0.25) is 9.59 Å². The minimum Gasteiger partial charge on any atom is -0.350 e. The largest absolute Gasteiger partial charge is 0.350 e. The second kappa shape index (κ2) is 9.57. The molecule has 1 aliphatic heterocycles. The highest BCUT2D eigenvalue weighted by Crippen LogP contribution is 2.26.